The van der Waals surface area contributed by atoms with Crippen molar-refractivity contribution in [2.45, 2.75) is 45.4 Å². The molecule has 0 spiro atoms. The molecule has 5 nitrogen and oxygen atoms in total. The predicted molar refractivity (Wildman–Crippen MR) is 98.8 cm³/mol. The van der Waals surface area contributed by atoms with E-state index in [2.05, 4.69) is 6.92 Å². The molecular formula is C21H24O5. The molecular weight excluding hydrogens is 332 g/mol. The molecule has 0 radical (unpaired) electrons. The summed E-state index contributed by atoms with van der Waals surface area (Å²) < 4.78 is 0. The Balaban J connectivity index is 2.16. The first-order valence-electron chi connectivity index (χ1n) is 8.83. The normalized spacial score (nSPS) is 10.7. The molecule has 0 atom stereocenters. The van der Waals surface area contributed by atoms with E-state index in [1.54, 1.807) is 18.2 Å². The number of carbonyl (C=O) groups is 2. The number of hydrogen-bond acceptors (Lipinski definition) is 4. The van der Waals surface area contributed by atoms with Crippen molar-refractivity contribution in [3.63, 3.8) is 0 Å². The first kappa shape index (κ1) is 19.5. The molecule has 0 aliphatic carbocycles. The van der Waals surface area contributed by atoms with E-state index in [1.807, 2.05) is 12.1 Å². The second-order valence-corrected chi connectivity index (χ2v) is 6.35. The molecule has 2 aromatic rings. The maximum atomic E-state index is 12.6. The molecule has 0 saturated carbocycles. The first-order chi connectivity index (χ1) is 12.4. The average molecular weight is 356 g/mol. The number of phenols is 2. The smallest absolute Gasteiger partial charge is 0.303 e. The molecule has 2 aromatic carbocycles. The van der Waals surface area contributed by atoms with Gasteiger partial charge in [-0.25, -0.2) is 0 Å². The zero-order valence-electron chi connectivity index (χ0n) is 14.9. The van der Waals surface area contributed by atoms with Crippen LogP contribution in [-0.2, 0) is 17.6 Å². The molecule has 5 heteroatoms. The van der Waals surface area contributed by atoms with Crippen LogP contribution in [-0.4, -0.2) is 27.1 Å². The summed E-state index contributed by atoms with van der Waals surface area (Å²) in [5.74, 6) is -2.10. The number of unbranched alkanes of at least 4 members (excludes halogenated alkanes) is 1. The number of benzene rings is 2. The molecule has 0 unspecified atom stereocenters. The number of ketones is 1. The molecule has 26 heavy (non-hydrogen) atoms. The fraction of sp³-hybridized carbons (Fsp3) is 0.333. The van der Waals surface area contributed by atoms with Crippen molar-refractivity contribution >= 4 is 11.8 Å². The summed E-state index contributed by atoms with van der Waals surface area (Å²) in [6, 6.07) is 10.3. The summed E-state index contributed by atoms with van der Waals surface area (Å²) >= 11 is 0. The van der Waals surface area contributed by atoms with E-state index in [9.17, 15) is 19.8 Å². The molecule has 0 saturated heterocycles. The van der Waals surface area contributed by atoms with Crippen molar-refractivity contribution in [2.75, 3.05) is 0 Å². The Morgan fingerprint density at radius 3 is 2.19 bits per heavy atom. The topological polar surface area (TPSA) is 94.8 Å². The highest BCUT2D eigenvalue weighted by molar-refractivity contribution is 6.11. The number of carboxylic acid groups (broad SMARTS) is 1. The molecule has 0 fully saturated rings. The van der Waals surface area contributed by atoms with E-state index in [0.717, 1.165) is 24.8 Å². The summed E-state index contributed by atoms with van der Waals surface area (Å²) in [6.07, 6.45) is 3.78. The largest absolute Gasteiger partial charge is 0.504 e. The number of aryl methyl sites for hydroxylation is 2. The lowest BCUT2D eigenvalue weighted by molar-refractivity contribution is -0.137. The summed E-state index contributed by atoms with van der Waals surface area (Å²) in [5, 5.41) is 29.0. The van der Waals surface area contributed by atoms with Gasteiger partial charge in [0.2, 0.25) is 0 Å². The van der Waals surface area contributed by atoms with E-state index in [4.69, 9.17) is 5.11 Å². The standard InChI is InChI=1S/C21H24O5/c1-2-3-5-14-8-10-16(11-9-14)19(24)17-13-12-15(20(25)21(17)26)6-4-7-18(22)23/h8-13,25-26H,2-7H2,1H3,(H,22,23). The fourth-order valence-corrected chi connectivity index (χ4v) is 2.80. The number of carboxylic acids is 1. The molecule has 2 rings (SSSR count). The summed E-state index contributed by atoms with van der Waals surface area (Å²) in [4.78, 5) is 23.2. The molecule has 138 valence electrons. The highest BCUT2D eigenvalue weighted by atomic mass is 16.4. The minimum absolute atomic E-state index is 0.0226. The van der Waals surface area contributed by atoms with Gasteiger partial charge in [0.1, 0.15) is 0 Å². The van der Waals surface area contributed by atoms with Gasteiger partial charge < -0.3 is 15.3 Å². The van der Waals surface area contributed by atoms with Gasteiger partial charge in [-0.05, 0) is 42.9 Å². The van der Waals surface area contributed by atoms with Gasteiger partial charge >= 0.3 is 5.97 Å². The third kappa shape index (κ3) is 4.85. The maximum absolute atomic E-state index is 12.6. The van der Waals surface area contributed by atoms with E-state index in [-0.39, 0.29) is 23.5 Å². The number of rotatable bonds is 9. The number of carbonyl (C=O) groups excluding carboxylic acids is 1. The van der Waals surface area contributed by atoms with Crippen LogP contribution < -0.4 is 0 Å². The molecule has 0 amide bonds. The van der Waals surface area contributed by atoms with E-state index < -0.39 is 11.7 Å². The number of phenolic OH excluding ortho intramolecular Hbond substituents is 2. The lowest BCUT2D eigenvalue weighted by Crippen LogP contribution is -2.03. The van der Waals surface area contributed by atoms with Crippen LogP contribution in [0.1, 0.15) is 59.7 Å². The van der Waals surface area contributed by atoms with E-state index in [0.29, 0.717) is 24.0 Å². The highest BCUT2D eigenvalue weighted by Crippen LogP contribution is 2.34. The van der Waals surface area contributed by atoms with Crippen molar-refractivity contribution in [1.29, 1.82) is 0 Å². The first-order valence-corrected chi connectivity index (χ1v) is 8.83. The lowest BCUT2D eigenvalue weighted by atomic mass is 9.97. The summed E-state index contributed by atoms with van der Waals surface area (Å²) in [6.45, 7) is 2.12. The van der Waals surface area contributed by atoms with E-state index >= 15 is 0 Å². The van der Waals surface area contributed by atoms with Crippen LogP contribution in [0.3, 0.4) is 0 Å². The quantitative estimate of drug-likeness (QED) is 0.465. The Labute approximate surface area is 152 Å². The van der Waals surface area contributed by atoms with Gasteiger partial charge in [-0.1, -0.05) is 43.7 Å². The van der Waals surface area contributed by atoms with Crippen LogP contribution in [0.4, 0.5) is 0 Å². The van der Waals surface area contributed by atoms with Gasteiger partial charge in [-0.15, -0.1) is 0 Å². The zero-order chi connectivity index (χ0) is 19.1. The van der Waals surface area contributed by atoms with Crippen molar-refractivity contribution in [2.24, 2.45) is 0 Å². The van der Waals surface area contributed by atoms with Crippen molar-refractivity contribution < 1.29 is 24.9 Å². The Kier molecular flexibility index (Phi) is 6.78. The number of hydrogen-bond donors (Lipinski definition) is 3. The SMILES string of the molecule is CCCCc1ccc(C(=O)c2ccc(CCCC(=O)O)c(O)c2O)cc1. The Hall–Kier alpha value is -2.82. The lowest BCUT2D eigenvalue weighted by Gasteiger charge is -2.10. The second-order valence-electron chi connectivity index (χ2n) is 6.35. The van der Waals surface area contributed by atoms with Crippen LogP contribution in [0.15, 0.2) is 36.4 Å². The van der Waals surface area contributed by atoms with Crippen molar-refractivity contribution in [3.05, 3.63) is 58.7 Å². The molecule has 0 aliphatic heterocycles. The Morgan fingerprint density at radius 2 is 1.58 bits per heavy atom. The van der Waals surface area contributed by atoms with Gasteiger partial charge in [0.25, 0.3) is 0 Å². The third-order valence-electron chi connectivity index (χ3n) is 4.35. The Bertz CT molecular complexity index is 778. The second kappa shape index (κ2) is 9.04. The average Bonchev–Trinajstić information content (AvgIpc) is 2.63. The van der Waals surface area contributed by atoms with Gasteiger partial charge in [0.15, 0.2) is 17.3 Å². The highest BCUT2D eigenvalue weighted by Gasteiger charge is 2.18. The van der Waals surface area contributed by atoms with Crippen molar-refractivity contribution in [1.82, 2.24) is 0 Å². The number of aliphatic carboxylic acids is 1. The van der Waals surface area contributed by atoms with Crippen LogP contribution in [0.25, 0.3) is 0 Å². The summed E-state index contributed by atoms with van der Waals surface area (Å²) in [7, 11) is 0. The van der Waals surface area contributed by atoms with Gasteiger partial charge in [-0.2, -0.15) is 0 Å². The summed E-state index contributed by atoms with van der Waals surface area (Å²) in [5.41, 5.74) is 2.06. The molecule has 0 aromatic heterocycles. The van der Waals surface area contributed by atoms with Gasteiger partial charge in [0, 0.05) is 12.0 Å². The molecule has 0 bridgehead atoms. The minimum Gasteiger partial charge on any atom is -0.504 e. The predicted octanol–water partition coefficient (Wildman–Crippen LogP) is 4.08. The zero-order valence-corrected chi connectivity index (χ0v) is 14.9. The van der Waals surface area contributed by atoms with Gasteiger partial charge in [-0.3, -0.25) is 9.59 Å². The van der Waals surface area contributed by atoms with Crippen LogP contribution in [0, 0.1) is 0 Å². The van der Waals surface area contributed by atoms with Crippen molar-refractivity contribution in [3.8, 4) is 11.5 Å². The monoisotopic (exact) mass is 356 g/mol. The van der Waals surface area contributed by atoms with Crippen LogP contribution in [0.2, 0.25) is 0 Å². The maximum Gasteiger partial charge on any atom is 0.303 e. The van der Waals surface area contributed by atoms with Crippen LogP contribution in [0.5, 0.6) is 11.5 Å². The van der Waals surface area contributed by atoms with E-state index in [1.165, 1.54) is 6.07 Å². The number of aromatic hydroxyl groups is 2. The molecule has 0 heterocycles. The van der Waals surface area contributed by atoms with Gasteiger partial charge in [0.05, 0.1) is 5.56 Å². The van der Waals surface area contributed by atoms with Crippen LogP contribution >= 0.6 is 0 Å². The molecule has 0 aliphatic rings. The Morgan fingerprint density at radius 1 is 0.885 bits per heavy atom. The minimum atomic E-state index is -0.914. The third-order valence-corrected chi connectivity index (χ3v) is 4.35. The fourth-order valence-electron chi connectivity index (χ4n) is 2.80. The molecule has 3 N–H and O–H groups in total.